The molecule has 4 atom stereocenters. The summed E-state index contributed by atoms with van der Waals surface area (Å²) in [6.07, 6.45) is 1.45. The molecule has 6 nitrogen and oxygen atoms in total. The van der Waals surface area contributed by atoms with Gasteiger partial charge in [0.05, 0.1) is 12.1 Å². The van der Waals surface area contributed by atoms with Crippen LogP contribution in [-0.4, -0.2) is 71.1 Å². The fraction of sp³-hybridized carbons (Fsp3) is 0.579. The summed E-state index contributed by atoms with van der Waals surface area (Å²) >= 11 is 0. The maximum atomic E-state index is 12.8. The third-order valence-corrected chi connectivity index (χ3v) is 5.85. The predicted molar refractivity (Wildman–Crippen MR) is 92.9 cm³/mol. The van der Waals surface area contributed by atoms with Gasteiger partial charge in [0.25, 0.3) is 5.91 Å². The van der Waals surface area contributed by atoms with E-state index in [9.17, 15) is 9.59 Å². The molecule has 3 aliphatic rings. The van der Waals surface area contributed by atoms with Crippen molar-refractivity contribution in [2.45, 2.75) is 50.5 Å². The highest BCUT2D eigenvalue weighted by Gasteiger charge is 2.53. The van der Waals surface area contributed by atoms with E-state index in [1.165, 1.54) is 10.5 Å². The second kappa shape index (κ2) is 6.42. The zero-order valence-corrected chi connectivity index (χ0v) is 14.8. The lowest BCUT2D eigenvalue weighted by Crippen LogP contribution is -2.44. The van der Waals surface area contributed by atoms with Gasteiger partial charge in [0, 0.05) is 39.2 Å². The fourth-order valence-corrected chi connectivity index (χ4v) is 4.44. The van der Waals surface area contributed by atoms with Gasteiger partial charge in [-0.25, -0.2) is 4.79 Å². The van der Waals surface area contributed by atoms with Crippen molar-refractivity contribution in [1.82, 2.24) is 14.7 Å². The van der Waals surface area contributed by atoms with E-state index in [1.54, 1.807) is 12.0 Å². The van der Waals surface area contributed by atoms with Gasteiger partial charge < -0.3 is 9.64 Å². The molecule has 0 saturated carbocycles. The molecule has 3 heterocycles. The second-order valence-electron chi connectivity index (χ2n) is 7.41. The SMILES string of the molecule is CO[C@@H]1C[C@@H]2C(=O)N([C@H]3C[C@H](C)N(Cc4ccccc4)C3)C(=O)N2C1. The number of likely N-dealkylation sites (tertiary alicyclic amines) is 1. The smallest absolute Gasteiger partial charge is 0.327 e. The summed E-state index contributed by atoms with van der Waals surface area (Å²) in [5.41, 5.74) is 1.26. The summed E-state index contributed by atoms with van der Waals surface area (Å²) in [7, 11) is 1.64. The maximum absolute atomic E-state index is 12.8. The number of urea groups is 1. The van der Waals surface area contributed by atoms with Crippen LogP contribution < -0.4 is 0 Å². The molecule has 3 aliphatic heterocycles. The van der Waals surface area contributed by atoms with Crippen molar-refractivity contribution < 1.29 is 14.3 Å². The Kier molecular flexibility index (Phi) is 4.25. The largest absolute Gasteiger partial charge is 0.380 e. The number of methoxy groups -OCH3 is 1. The van der Waals surface area contributed by atoms with E-state index in [1.807, 2.05) is 18.2 Å². The quantitative estimate of drug-likeness (QED) is 0.781. The zero-order valence-electron chi connectivity index (χ0n) is 14.8. The van der Waals surface area contributed by atoms with Crippen LogP contribution in [0.4, 0.5) is 4.79 Å². The number of carbonyl (C=O) groups excluding carboxylic acids is 2. The molecule has 6 heteroatoms. The normalized spacial score (nSPS) is 32.7. The average molecular weight is 343 g/mol. The molecule has 0 bridgehead atoms. The van der Waals surface area contributed by atoms with Crippen molar-refractivity contribution in [3.05, 3.63) is 35.9 Å². The number of imide groups is 1. The van der Waals surface area contributed by atoms with Gasteiger partial charge in [0.2, 0.25) is 0 Å². The maximum Gasteiger partial charge on any atom is 0.327 e. The van der Waals surface area contributed by atoms with E-state index < -0.39 is 0 Å². The van der Waals surface area contributed by atoms with Crippen molar-refractivity contribution >= 4 is 11.9 Å². The first-order valence-corrected chi connectivity index (χ1v) is 9.03. The Hall–Kier alpha value is -1.92. The Morgan fingerprint density at radius 1 is 1.12 bits per heavy atom. The predicted octanol–water partition coefficient (Wildman–Crippen LogP) is 1.70. The average Bonchev–Trinajstić information content (AvgIpc) is 3.25. The molecule has 3 amide bonds. The van der Waals surface area contributed by atoms with E-state index in [2.05, 4.69) is 24.0 Å². The molecule has 3 fully saturated rings. The van der Waals surface area contributed by atoms with Gasteiger partial charge in [-0.3, -0.25) is 14.6 Å². The van der Waals surface area contributed by atoms with Crippen LogP contribution in [0.15, 0.2) is 30.3 Å². The van der Waals surface area contributed by atoms with Gasteiger partial charge in [0.15, 0.2) is 0 Å². The first kappa shape index (κ1) is 16.5. The monoisotopic (exact) mass is 343 g/mol. The summed E-state index contributed by atoms with van der Waals surface area (Å²) in [5.74, 6) is -0.0386. The van der Waals surface area contributed by atoms with Crippen molar-refractivity contribution in [3.63, 3.8) is 0 Å². The Morgan fingerprint density at radius 2 is 1.88 bits per heavy atom. The number of carbonyl (C=O) groups is 2. The van der Waals surface area contributed by atoms with Gasteiger partial charge in [0.1, 0.15) is 6.04 Å². The number of hydrogen-bond donors (Lipinski definition) is 0. The minimum Gasteiger partial charge on any atom is -0.380 e. The highest BCUT2D eigenvalue weighted by molar-refractivity contribution is 6.05. The van der Waals surface area contributed by atoms with Crippen LogP contribution in [0.25, 0.3) is 0 Å². The number of ether oxygens (including phenoxy) is 1. The number of benzene rings is 1. The van der Waals surface area contributed by atoms with Crippen LogP contribution in [-0.2, 0) is 16.1 Å². The van der Waals surface area contributed by atoms with Gasteiger partial charge >= 0.3 is 6.03 Å². The molecular weight excluding hydrogens is 318 g/mol. The third-order valence-electron chi connectivity index (χ3n) is 5.85. The second-order valence-corrected chi connectivity index (χ2v) is 7.41. The van der Waals surface area contributed by atoms with Gasteiger partial charge in [-0.05, 0) is 18.9 Å². The van der Waals surface area contributed by atoms with E-state index in [-0.39, 0.29) is 30.1 Å². The minimum absolute atomic E-state index is 0.0165. The summed E-state index contributed by atoms with van der Waals surface area (Å²) in [5, 5.41) is 0. The Morgan fingerprint density at radius 3 is 2.56 bits per heavy atom. The number of amides is 3. The molecule has 3 saturated heterocycles. The fourth-order valence-electron chi connectivity index (χ4n) is 4.44. The van der Waals surface area contributed by atoms with Gasteiger partial charge in [-0.15, -0.1) is 0 Å². The standard InChI is InChI=1S/C19H25N3O3/c1-13-8-15(11-20(13)10-14-6-4-3-5-7-14)22-18(23)17-9-16(25-2)12-21(17)19(22)24/h3-7,13,15-17H,8-12H2,1-2H3/t13-,15-,16+,17+/m0/s1. The Labute approximate surface area is 148 Å². The number of fused-ring (bicyclic) bond motifs is 1. The molecule has 1 aromatic carbocycles. The van der Waals surface area contributed by atoms with E-state index in [0.29, 0.717) is 19.0 Å². The van der Waals surface area contributed by atoms with Crippen LogP contribution in [0.2, 0.25) is 0 Å². The molecule has 0 aliphatic carbocycles. The first-order chi connectivity index (χ1) is 12.1. The number of rotatable bonds is 4. The molecule has 1 aromatic rings. The summed E-state index contributed by atoms with van der Waals surface area (Å²) < 4.78 is 5.33. The number of nitrogens with zero attached hydrogens (tertiary/aromatic N) is 3. The lowest BCUT2D eigenvalue weighted by molar-refractivity contribution is -0.129. The van der Waals surface area contributed by atoms with Crippen LogP contribution in [0.1, 0.15) is 25.3 Å². The van der Waals surface area contributed by atoms with Crippen LogP contribution >= 0.6 is 0 Å². The summed E-state index contributed by atoms with van der Waals surface area (Å²) in [6.45, 7) is 4.31. The van der Waals surface area contributed by atoms with E-state index in [0.717, 1.165) is 19.5 Å². The van der Waals surface area contributed by atoms with Gasteiger partial charge in [-0.2, -0.15) is 0 Å². The van der Waals surface area contributed by atoms with Crippen molar-refractivity contribution in [3.8, 4) is 0 Å². The van der Waals surface area contributed by atoms with Crippen molar-refractivity contribution in [1.29, 1.82) is 0 Å². The van der Waals surface area contributed by atoms with Crippen molar-refractivity contribution in [2.75, 3.05) is 20.2 Å². The Bertz CT molecular complexity index is 641. The molecule has 0 unspecified atom stereocenters. The molecule has 0 radical (unpaired) electrons. The van der Waals surface area contributed by atoms with Gasteiger partial charge in [-0.1, -0.05) is 30.3 Å². The van der Waals surface area contributed by atoms with E-state index in [4.69, 9.17) is 4.74 Å². The minimum atomic E-state index is -0.323. The first-order valence-electron chi connectivity index (χ1n) is 9.03. The Balaban J connectivity index is 1.45. The van der Waals surface area contributed by atoms with Crippen LogP contribution in [0.3, 0.4) is 0 Å². The van der Waals surface area contributed by atoms with E-state index >= 15 is 0 Å². The lowest BCUT2D eigenvalue weighted by Gasteiger charge is -2.24. The van der Waals surface area contributed by atoms with Crippen LogP contribution in [0.5, 0.6) is 0 Å². The van der Waals surface area contributed by atoms with Crippen LogP contribution in [0, 0.1) is 0 Å². The zero-order chi connectivity index (χ0) is 17.6. The summed E-state index contributed by atoms with van der Waals surface area (Å²) in [6, 6.07) is 10.2. The third kappa shape index (κ3) is 2.83. The molecule has 0 aromatic heterocycles. The highest BCUT2D eigenvalue weighted by atomic mass is 16.5. The highest BCUT2D eigenvalue weighted by Crippen LogP contribution is 2.33. The molecule has 0 N–H and O–H groups in total. The molecule has 0 spiro atoms. The number of hydrogen-bond acceptors (Lipinski definition) is 4. The van der Waals surface area contributed by atoms with Crippen molar-refractivity contribution in [2.24, 2.45) is 0 Å². The molecule has 134 valence electrons. The molecule has 25 heavy (non-hydrogen) atoms. The molecular formula is C19H25N3O3. The lowest BCUT2D eigenvalue weighted by atomic mass is 10.1. The topological polar surface area (TPSA) is 53.1 Å². The molecule has 4 rings (SSSR count). The summed E-state index contributed by atoms with van der Waals surface area (Å²) in [4.78, 5) is 31.2.